The molecule has 17 heavy (non-hydrogen) atoms. The molecule has 0 unspecified atom stereocenters. The molecule has 98 valence electrons. The number of carbonyl (C=O) groups excluding carboxylic acids is 3. The van der Waals surface area contributed by atoms with Gasteiger partial charge in [0.25, 0.3) is 0 Å². The summed E-state index contributed by atoms with van der Waals surface area (Å²) in [6.07, 6.45) is -4.63. The number of methoxy groups -OCH3 is 1. The number of hydrogen-bond acceptors (Lipinski definition) is 6. The van der Waals surface area contributed by atoms with Crippen LogP contribution in [0.2, 0.25) is 0 Å². The Morgan fingerprint density at radius 2 is 2.06 bits per heavy atom. The zero-order valence-electron chi connectivity index (χ0n) is 9.22. The molecule has 0 heterocycles. The largest absolute Gasteiger partial charge is 0.508 e. The van der Waals surface area contributed by atoms with Crippen LogP contribution >= 0.6 is 15.9 Å². The van der Waals surface area contributed by atoms with Crippen LogP contribution in [0, 0.1) is 0 Å². The van der Waals surface area contributed by atoms with Crippen molar-refractivity contribution in [2.45, 2.75) is 24.0 Å². The van der Waals surface area contributed by atoms with Crippen molar-refractivity contribution in [2.75, 3.05) is 13.7 Å². The molecule has 0 saturated heterocycles. The Hall–Kier alpha value is -1.18. The topological polar surface area (TPSA) is 78.9 Å². The van der Waals surface area contributed by atoms with E-state index in [1.165, 1.54) is 6.92 Å². The Morgan fingerprint density at radius 3 is 2.47 bits per heavy atom. The fraction of sp³-hybridized carbons (Fsp3) is 0.667. The number of alkyl halides is 2. The van der Waals surface area contributed by atoms with Crippen molar-refractivity contribution in [3.8, 4) is 0 Å². The average molecular weight is 315 g/mol. The fourth-order valence-corrected chi connectivity index (χ4v) is 1.40. The lowest BCUT2D eigenvalue weighted by Crippen LogP contribution is -2.39. The predicted molar refractivity (Wildman–Crippen MR) is 57.6 cm³/mol. The zero-order valence-corrected chi connectivity index (χ0v) is 10.8. The molecule has 0 aromatic heterocycles. The maximum absolute atomic E-state index is 13.2. The van der Waals surface area contributed by atoms with Crippen LogP contribution in [-0.4, -0.2) is 49.2 Å². The van der Waals surface area contributed by atoms with Gasteiger partial charge < -0.3 is 14.2 Å². The summed E-state index contributed by atoms with van der Waals surface area (Å²) in [5.74, 6) is -0.576. The van der Waals surface area contributed by atoms with E-state index < -0.39 is 29.2 Å². The van der Waals surface area contributed by atoms with E-state index in [1.807, 2.05) is 0 Å². The third-order valence-corrected chi connectivity index (χ3v) is 2.43. The van der Waals surface area contributed by atoms with Gasteiger partial charge in [-0.1, -0.05) is 15.9 Å². The van der Waals surface area contributed by atoms with Crippen molar-refractivity contribution in [2.24, 2.45) is 0 Å². The number of halogens is 2. The summed E-state index contributed by atoms with van der Waals surface area (Å²) in [6.45, 7) is 0.924. The molecule has 0 aromatic rings. The maximum Gasteiger partial charge on any atom is 0.508 e. The summed E-state index contributed by atoms with van der Waals surface area (Å²) >= 11 is 2.96. The molecule has 0 aliphatic heterocycles. The van der Waals surface area contributed by atoms with Gasteiger partial charge in [-0.25, -0.2) is 9.18 Å². The summed E-state index contributed by atoms with van der Waals surface area (Å²) in [5, 5.41) is 0. The van der Waals surface area contributed by atoms with Gasteiger partial charge in [0.2, 0.25) is 0 Å². The molecule has 8 heteroatoms. The molecule has 0 radical (unpaired) electrons. The Labute approximate surface area is 106 Å². The third-order valence-electron chi connectivity index (χ3n) is 1.65. The van der Waals surface area contributed by atoms with Crippen molar-refractivity contribution < 1.29 is 33.0 Å². The molecule has 0 aromatic carbocycles. The van der Waals surface area contributed by atoms with Gasteiger partial charge in [-0.15, -0.1) is 0 Å². The van der Waals surface area contributed by atoms with E-state index in [1.54, 1.807) is 0 Å². The van der Waals surface area contributed by atoms with Crippen LogP contribution in [-0.2, 0) is 23.8 Å². The molecule has 0 aliphatic carbocycles. The molecule has 3 atom stereocenters. The second-order valence-electron chi connectivity index (χ2n) is 2.94. The van der Waals surface area contributed by atoms with E-state index in [4.69, 9.17) is 0 Å². The molecule has 0 spiro atoms. The van der Waals surface area contributed by atoms with Crippen molar-refractivity contribution in [3.05, 3.63) is 0 Å². The first kappa shape index (κ1) is 15.8. The Kier molecular flexibility index (Phi) is 7.44. The molecular formula is C9H12BrFO6. The number of ether oxygens (including phenoxy) is 3. The van der Waals surface area contributed by atoms with E-state index in [0.29, 0.717) is 0 Å². The summed E-state index contributed by atoms with van der Waals surface area (Å²) in [6, 6.07) is 0. The second kappa shape index (κ2) is 7.99. The predicted octanol–water partition coefficient (Wildman–Crippen LogP) is 1.00. The van der Waals surface area contributed by atoms with Gasteiger partial charge in [-0.05, 0) is 0 Å². The number of carbonyl (C=O) groups is 3. The number of aldehydes is 1. The molecule has 0 N–H and O–H groups in total. The van der Waals surface area contributed by atoms with Crippen LogP contribution in [0.4, 0.5) is 9.18 Å². The van der Waals surface area contributed by atoms with Gasteiger partial charge in [-0.2, -0.15) is 0 Å². The standard InChI is InChI=1S/C9H12BrFO6/c1-5(13)16-4-6(10)8(7(11)3-12)17-9(14)15-2/h3,6-8H,4H2,1-2H3/t6-,7+,8+/m0/s1. The van der Waals surface area contributed by atoms with E-state index in [0.717, 1.165) is 7.11 Å². The Balaban J connectivity index is 4.49. The monoisotopic (exact) mass is 314 g/mol. The molecular weight excluding hydrogens is 303 g/mol. The van der Waals surface area contributed by atoms with Gasteiger partial charge in [-0.3, -0.25) is 9.59 Å². The Morgan fingerprint density at radius 1 is 1.47 bits per heavy atom. The van der Waals surface area contributed by atoms with Crippen molar-refractivity contribution in [1.29, 1.82) is 0 Å². The van der Waals surface area contributed by atoms with Crippen molar-refractivity contribution in [1.82, 2.24) is 0 Å². The highest BCUT2D eigenvalue weighted by Crippen LogP contribution is 2.16. The highest BCUT2D eigenvalue weighted by atomic mass is 79.9. The Bertz CT molecular complexity index is 285. The van der Waals surface area contributed by atoms with Crippen LogP contribution in [0.15, 0.2) is 0 Å². The summed E-state index contributed by atoms with van der Waals surface area (Å²) < 4.78 is 26.5. The minimum absolute atomic E-state index is 0.0182. The second-order valence-corrected chi connectivity index (χ2v) is 4.11. The summed E-state index contributed by atoms with van der Waals surface area (Å²) in [7, 11) is 1.04. The van der Waals surface area contributed by atoms with Gasteiger partial charge in [0.1, 0.15) is 6.61 Å². The minimum atomic E-state index is -2.05. The lowest BCUT2D eigenvalue weighted by atomic mass is 10.2. The molecule has 6 nitrogen and oxygen atoms in total. The molecule has 0 aliphatic rings. The smallest absolute Gasteiger partial charge is 0.465 e. The number of esters is 1. The van der Waals surface area contributed by atoms with Crippen molar-refractivity contribution >= 4 is 34.3 Å². The van der Waals surface area contributed by atoms with Crippen LogP contribution in [0.25, 0.3) is 0 Å². The molecule has 0 fully saturated rings. The average Bonchev–Trinajstić information content (AvgIpc) is 2.31. The molecule has 0 saturated carbocycles. The SMILES string of the molecule is COC(=O)O[C@@H]([C@H](F)C=O)[C@@H](Br)COC(C)=O. The van der Waals surface area contributed by atoms with E-state index in [9.17, 15) is 18.8 Å². The van der Waals surface area contributed by atoms with Gasteiger partial charge in [0.05, 0.1) is 11.9 Å². The molecule has 0 amide bonds. The summed E-state index contributed by atoms with van der Waals surface area (Å²) in [4.78, 5) is 30.8. The first-order valence-electron chi connectivity index (χ1n) is 4.53. The van der Waals surface area contributed by atoms with Gasteiger partial charge in [0.15, 0.2) is 18.6 Å². The quantitative estimate of drug-likeness (QED) is 0.413. The van der Waals surface area contributed by atoms with E-state index >= 15 is 0 Å². The highest BCUT2D eigenvalue weighted by molar-refractivity contribution is 9.09. The summed E-state index contributed by atoms with van der Waals surface area (Å²) in [5.41, 5.74) is 0. The molecule has 0 rings (SSSR count). The van der Waals surface area contributed by atoms with Crippen LogP contribution in [0.5, 0.6) is 0 Å². The molecule has 0 bridgehead atoms. The van der Waals surface area contributed by atoms with Crippen LogP contribution in [0.1, 0.15) is 6.92 Å². The minimum Gasteiger partial charge on any atom is -0.465 e. The third kappa shape index (κ3) is 6.20. The van der Waals surface area contributed by atoms with Crippen molar-refractivity contribution in [3.63, 3.8) is 0 Å². The highest BCUT2D eigenvalue weighted by Gasteiger charge is 2.32. The first-order valence-corrected chi connectivity index (χ1v) is 5.45. The van der Waals surface area contributed by atoms with Gasteiger partial charge in [0, 0.05) is 6.92 Å². The lowest BCUT2D eigenvalue weighted by molar-refractivity contribution is -0.141. The maximum atomic E-state index is 13.2. The number of hydrogen-bond donors (Lipinski definition) is 0. The van der Waals surface area contributed by atoms with Crippen LogP contribution < -0.4 is 0 Å². The lowest BCUT2D eigenvalue weighted by Gasteiger charge is -2.22. The van der Waals surface area contributed by atoms with Gasteiger partial charge >= 0.3 is 12.1 Å². The number of rotatable bonds is 6. The zero-order chi connectivity index (χ0) is 13.4. The first-order chi connectivity index (χ1) is 7.92. The van der Waals surface area contributed by atoms with E-state index in [-0.39, 0.29) is 12.9 Å². The van der Waals surface area contributed by atoms with E-state index in [2.05, 4.69) is 30.1 Å². The fourth-order valence-electron chi connectivity index (χ4n) is 0.867. The van der Waals surface area contributed by atoms with Crippen LogP contribution in [0.3, 0.4) is 0 Å². The normalized spacial score (nSPS) is 15.3.